The Morgan fingerprint density at radius 3 is 2.71 bits per heavy atom. The molecular weight excluding hydrogens is 322 g/mol. The highest BCUT2D eigenvalue weighted by molar-refractivity contribution is 7.99. The van der Waals surface area contributed by atoms with E-state index < -0.39 is 0 Å². The predicted octanol–water partition coefficient (Wildman–Crippen LogP) is 4.17. The van der Waals surface area contributed by atoms with Crippen LogP contribution in [-0.4, -0.2) is 27.3 Å². The Morgan fingerprint density at radius 2 is 1.88 bits per heavy atom. The zero-order valence-corrected chi connectivity index (χ0v) is 14.1. The fourth-order valence-electron chi connectivity index (χ4n) is 2.59. The lowest BCUT2D eigenvalue weighted by Crippen LogP contribution is -1.99. The first kappa shape index (κ1) is 15.1. The molecule has 2 aromatic carbocycles. The van der Waals surface area contributed by atoms with Crippen LogP contribution in [-0.2, 0) is 0 Å². The molecule has 4 rings (SSSR count). The molecule has 1 aliphatic heterocycles. The molecule has 0 atom stereocenters. The van der Waals surface area contributed by atoms with Crippen LogP contribution >= 0.6 is 11.8 Å². The maximum Gasteiger partial charge on any atom is 0.231 e. The van der Waals surface area contributed by atoms with Crippen LogP contribution < -0.4 is 9.47 Å². The number of hydrogen-bond donors (Lipinski definition) is 0. The van der Waals surface area contributed by atoms with E-state index in [1.165, 1.54) is 0 Å². The number of fused-ring (bicyclic) bond motifs is 1. The standard InChI is InChI=1S/C18H17N3O2S/c1-2-10-24-18-20-19-17(21(18)14-6-4-3-5-7-14)13-8-9-15-16(11-13)23-12-22-15/h3-9,11H,2,10,12H2,1H3. The molecule has 0 radical (unpaired) electrons. The molecular formula is C18H17N3O2S. The van der Waals surface area contributed by atoms with Gasteiger partial charge in [-0.25, -0.2) is 0 Å². The smallest absolute Gasteiger partial charge is 0.231 e. The summed E-state index contributed by atoms with van der Waals surface area (Å²) in [5.74, 6) is 3.33. The van der Waals surface area contributed by atoms with Crippen molar-refractivity contribution in [3.63, 3.8) is 0 Å². The van der Waals surface area contributed by atoms with E-state index in [0.29, 0.717) is 0 Å². The number of para-hydroxylation sites is 1. The van der Waals surface area contributed by atoms with Gasteiger partial charge in [0.05, 0.1) is 0 Å². The van der Waals surface area contributed by atoms with E-state index in [9.17, 15) is 0 Å². The normalized spacial score (nSPS) is 12.5. The highest BCUT2D eigenvalue weighted by Crippen LogP contribution is 2.37. The predicted molar refractivity (Wildman–Crippen MR) is 93.9 cm³/mol. The quantitative estimate of drug-likeness (QED) is 0.653. The molecule has 0 bridgehead atoms. The summed E-state index contributed by atoms with van der Waals surface area (Å²) in [6.45, 7) is 2.43. The maximum absolute atomic E-state index is 5.49. The second-order valence-electron chi connectivity index (χ2n) is 5.39. The van der Waals surface area contributed by atoms with Crippen molar-refractivity contribution in [2.24, 2.45) is 0 Å². The highest BCUT2D eigenvalue weighted by Gasteiger charge is 2.19. The molecule has 0 saturated heterocycles. The summed E-state index contributed by atoms with van der Waals surface area (Å²) in [7, 11) is 0. The third-order valence-electron chi connectivity index (χ3n) is 3.71. The number of ether oxygens (including phenoxy) is 2. The molecule has 0 fully saturated rings. The Kier molecular flexibility index (Phi) is 4.13. The van der Waals surface area contributed by atoms with Crippen molar-refractivity contribution in [3.05, 3.63) is 48.5 Å². The van der Waals surface area contributed by atoms with Crippen molar-refractivity contribution >= 4 is 11.8 Å². The zero-order chi connectivity index (χ0) is 16.4. The van der Waals surface area contributed by atoms with Crippen molar-refractivity contribution in [1.29, 1.82) is 0 Å². The van der Waals surface area contributed by atoms with E-state index in [1.807, 2.05) is 36.4 Å². The largest absolute Gasteiger partial charge is 0.454 e. The van der Waals surface area contributed by atoms with E-state index in [1.54, 1.807) is 11.8 Å². The fourth-order valence-corrected chi connectivity index (χ4v) is 3.40. The number of aromatic nitrogens is 3. The molecule has 0 N–H and O–H groups in total. The highest BCUT2D eigenvalue weighted by atomic mass is 32.2. The van der Waals surface area contributed by atoms with Crippen LogP contribution in [0, 0.1) is 0 Å². The van der Waals surface area contributed by atoms with Crippen LogP contribution in [0.4, 0.5) is 0 Å². The molecule has 2 heterocycles. The topological polar surface area (TPSA) is 49.2 Å². The first-order valence-corrected chi connectivity index (χ1v) is 8.89. The van der Waals surface area contributed by atoms with Gasteiger partial charge < -0.3 is 9.47 Å². The minimum Gasteiger partial charge on any atom is -0.454 e. The van der Waals surface area contributed by atoms with Crippen molar-refractivity contribution in [1.82, 2.24) is 14.8 Å². The van der Waals surface area contributed by atoms with Crippen LogP contribution in [0.15, 0.2) is 53.7 Å². The number of hydrogen-bond acceptors (Lipinski definition) is 5. The molecule has 3 aromatic rings. The maximum atomic E-state index is 5.49. The minimum atomic E-state index is 0.266. The van der Waals surface area contributed by atoms with Crippen LogP contribution in [0.1, 0.15) is 13.3 Å². The molecule has 1 aliphatic rings. The van der Waals surface area contributed by atoms with Crippen LogP contribution in [0.3, 0.4) is 0 Å². The first-order valence-electron chi connectivity index (χ1n) is 7.90. The lowest BCUT2D eigenvalue weighted by atomic mass is 10.2. The van der Waals surface area contributed by atoms with Crippen molar-refractivity contribution in [2.75, 3.05) is 12.5 Å². The second-order valence-corrected chi connectivity index (χ2v) is 6.46. The molecule has 0 saturated carbocycles. The summed E-state index contributed by atoms with van der Waals surface area (Å²) in [5, 5.41) is 9.74. The summed E-state index contributed by atoms with van der Waals surface area (Å²) in [5.41, 5.74) is 2.01. The fraction of sp³-hybridized carbons (Fsp3) is 0.222. The molecule has 0 unspecified atom stereocenters. The van der Waals surface area contributed by atoms with Gasteiger partial charge in [0.25, 0.3) is 0 Å². The van der Waals surface area contributed by atoms with E-state index in [4.69, 9.17) is 9.47 Å². The summed E-state index contributed by atoms with van der Waals surface area (Å²) in [6.07, 6.45) is 1.09. The number of thioether (sulfide) groups is 1. The summed E-state index contributed by atoms with van der Waals surface area (Å²) in [4.78, 5) is 0. The van der Waals surface area contributed by atoms with E-state index in [0.717, 1.165) is 45.9 Å². The van der Waals surface area contributed by atoms with Gasteiger partial charge in [0.15, 0.2) is 22.5 Å². The Hall–Kier alpha value is -2.47. The van der Waals surface area contributed by atoms with Gasteiger partial charge in [-0.3, -0.25) is 4.57 Å². The Morgan fingerprint density at radius 1 is 1.04 bits per heavy atom. The Labute approximate surface area is 144 Å². The summed E-state index contributed by atoms with van der Waals surface area (Å²) >= 11 is 1.72. The summed E-state index contributed by atoms with van der Waals surface area (Å²) in [6, 6.07) is 16.0. The SMILES string of the molecule is CCCSc1nnc(-c2ccc3c(c2)OCO3)n1-c1ccccc1. The monoisotopic (exact) mass is 339 g/mol. The van der Waals surface area contributed by atoms with Gasteiger partial charge in [0.1, 0.15) is 0 Å². The number of benzene rings is 2. The van der Waals surface area contributed by atoms with Crippen molar-refractivity contribution in [2.45, 2.75) is 18.5 Å². The van der Waals surface area contributed by atoms with E-state index in [-0.39, 0.29) is 6.79 Å². The van der Waals surface area contributed by atoms with Crippen LogP contribution in [0.5, 0.6) is 11.5 Å². The minimum absolute atomic E-state index is 0.266. The second kappa shape index (κ2) is 6.57. The Balaban J connectivity index is 1.82. The number of nitrogens with zero attached hydrogens (tertiary/aromatic N) is 3. The molecule has 0 aliphatic carbocycles. The van der Waals surface area contributed by atoms with Gasteiger partial charge in [-0.2, -0.15) is 0 Å². The molecule has 0 spiro atoms. The third kappa shape index (κ3) is 2.73. The molecule has 1 aromatic heterocycles. The molecule has 24 heavy (non-hydrogen) atoms. The molecule has 6 heteroatoms. The van der Waals surface area contributed by atoms with Gasteiger partial charge in [0, 0.05) is 17.0 Å². The first-order chi connectivity index (χ1) is 11.9. The number of rotatable bonds is 5. The lowest BCUT2D eigenvalue weighted by molar-refractivity contribution is 0.174. The van der Waals surface area contributed by atoms with Crippen molar-refractivity contribution < 1.29 is 9.47 Å². The lowest BCUT2D eigenvalue weighted by Gasteiger charge is -2.10. The molecule has 5 nitrogen and oxygen atoms in total. The Bertz CT molecular complexity index is 849. The van der Waals surface area contributed by atoms with Gasteiger partial charge in [-0.1, -0.05) is 36.9 Å². The average molecular weight is 339 g/mol. The van der Waals surface area contributed by atoms with Gasteiger partial charge in [0.2, 0.25) is 6.79 Å². The van der Waals surface area contributed by atoms with Gasteiger partial charge in [-0.15, -0.1) is 10.2 Å². The van der Waals surface area contributed by atoms with E-state index in [2.05, 4.69) is 33.8 Å². The third-order valence-corrected chi connectivity index (χ3v) is 4.85. The summed E-state index contributed by atoms with van der Waals surface area (Å²) < 4.78 is 13.0. The van der Waals surface area contributed by atoms with E-state index >= 15 is 0 Å². The van der Waals surface area contributed by atoms with Crippen LogP contribution in [0.2, 0.25) is 0 Å². The van der Waals surface area contributed by atoms with Gasteiger partial charge in [-0.05, 0) is 36.8 Å². The molecule has 0 amide bonds. The van der Waals surface area contributed by atoms with Crippen LogP contribution in [0.25, 0.3) is 17.1 Å². The van der Waals surface area contributed by atoms with Crippen molar-refractivity contribution in [3.8, 4) is 28.6 Å². The van der Waals surface area contributed by atoms with Gasteiger partial charge >= 0.3 is 0 Å². The average Bonchev–Trinajstić information content (AvgIpc) is 3.26. The molecule has 122 valence electrons. The zero-order valence-electron chi connectivity index (χ0n) is 13.3.